The van der Waals surface area contributed by atoms with Crippen LogP contribution >= 0.6 is 0 Å². The van der Waals surface area contributed by atoms with Crippen LogP contribution in [-0.4, -0.2) is 40.6 Å². The zero-order valence-corrected chi connectivity index (χ0v) is 8.97. The van der Waals surface area contributed by atoms with Gasteiger partial charge >= 0.3 is 0 Å². The van der Waals surface area contributed by atoms with Crippen molar-refractivity contribution in [1.82, 2.24) is 9.88 Å². The third kappa shape index (κ3) is 1.99. The van der Waals surface area contributed by atoms with Gasteiger partial charge in [-0.3, -0.25) is 4.79 Å². The first kappa shape index (κ1) is 10.9. The molecule has 1 aromatic rings. The first-order valence-corrected chi connectivity index (χ1v) is 5.33. The van der Waals surface area contributed by atoms with Gasteiger partial charge in [0, 0.05) is 31.8 Å². The fourth-order valence-corrected chi connectivity index (χ4v) is 1.93. The third-order valence-corrected chi connectivity index (χ3v) is 2.90. The number of carbonyl (C=O) groups excluding carboxylic acids is 1. The van der Waals surface area contributed by atoms with Gasteiger partial charge in [-0.05, 0) is 18.6 Å². The zero-order valence-electron chi connectivity index (χ0n) is 8.97. The molecular weight excluding hydrogens is 206 g/mol. The Labute approximate surface area is 93.9 Å². The van der Waals surface area contributed by atoms with E-state index >= 15 is 0 Å². The van der Waals surface area contributed by atoms with E-state index in [9.17, 15) is 4.79 Å². The Hall–Kier alpha value is -1.62. The van der Waals surface area contributed by atoms with E-state index in [1.54, 1.807) is 23.2 Å². The molecule has 3 N–H and O–H groups in total. The van der Waals surface area contributed by atoms with E-state index in [-0.39, 0.29) is 24.2 Å². The molecule has 0 aromatic carbocycles. The molecule has 0 radical (unpaired) electrons. The van der Waals surface area contributed by atoms with Crippen molar-refractivity contribution in [2.24, 2.45) is 5.92 Å². The molecular formula is C11H15N3O2. The number of aliphatic hydroxyl groups is 1. The van der Waals surface area contributed by atoms with Gasteiger partial charge in [-0.1, -0.05) is 0 Å². The highest BCUT2D eigenvalue weighted by Gasteiger charge is 2.27. The van der Waals surface area contributed by atoms with Crippen molar-refractivity contribution in [3.05, 3.63) is 23.9 Å². The molecule has 0 spiro atoms. The number of aliphatic hydroxyl groups excluding tert-OH is 1. The van der Waals surface area contributed by atoms with E-state index in [1.165, 1.54) is 0 Å². The third-order valence-electron chi connectivity index (χ3n) is 2.90. The van der Waals surface area contributed by atoms with Crippen LogP contribution in [0.2, 0.25) is 0 Å². The molecule has 0 bridgehead atoms. The standard InChI is InChI=1S/C11H15N3O2/c12-10-9(2-1-4-13-10)11(16)14-5-3-8(6-14)7-15/h1-2,4,8,15H,3,5-7H2,(H2,12,13). The lowest BCUT2D eigenvalue weighted by atomic mass is 10.1. The van der Waals surface area contributed by atoms with Crippen molar-refractivity contribution < 1.29 is 9.90 Å². The van der Waals surface area contributed by atoms with Crippen LogP contribution in [0.1, 0.15) is 16.8 Å². The quantitative estimate of drug-likeness (QED) is 0.743. The van der Waals surface area contributed by atoms with Crippen LogP contribution in [0.4, 0.5) is 5.82 Å². The Morgan fingerprint density at radius 1 is 1.69 bits per heavy atom. The van der Waals surface area contributed by atoms with Crippen molar-refractivity contribution >= 4 is 11.7 Å². The molecule has 2 rings (SSSR count). The number of nitrogen functional groups attached to an aromatic ring is 1. The minimum atomic E-state index is -0.0958. The number of amides is 1. The number of hydrogen-bond donors (Lipinski definition) is 2. The molecule has 0 saturated carbocycles. The fraction of sp³-hybridized carbons (Fsp3) is 0.455. The molecule has 16 heavy (non-hydrogen) atoms. The summed E-state index contributed by atoms with van der Waals surface area (Å²) in [7, 11) is 0. The lowest BCUT2D eigenvalue weighted by Gasteiger charge is -2.16. The molecule has 1 amide bonds. The monoisotopic (exact) mass is 221 g/mol. The Bertz CT molecular complexity index is 395. The molecule has 5 heteroatoms. The van der Waals surface area contributed by atoms with Crippen LogP contribution < -0.4 is 5.73 Å². The molecule has 1 fully saturated rings. The first-order valence-electron chi connectivity index (χ1n) is 5.33. The summed E-state index contributed by atoms with van der Waals surface area (Å²) in [6, 6.07) is 3.38. The summed E-state index contributed by atoms with van der Waals surface area (Å²) in [6.45, 7) is 1.41. The summed E-state index contributed by atoms with van der Waals surface area (Å²) >= 11 is 0. The van der Waals surface area contributed by atoms with E-state index in [4.69, 9.17) is 10.8 Å². The Balaban J connectivity index is 2.12. The average molecular weight is 221 g/mol. The summed E-state index contributed by atoms with van der Waals surface area (Å²) in [4.78, 5) is 17.7. The van der Waals surface area contributed by atoms with Crippen LogP contribution in [0, 0.1) is 5.92 Å². The Kier molecular flexibility index (Phi) is 3.05. The van der Waals surface area contributed by atoms with Crippen LogP contribution in [0.15, 0.2) is 18.3 Å². The van der Waals surface area contributed by atoms with Gasteiger partial charge in [-0.15, -0.1) is 0 Å². The fourth-order valence-electron chi connectivity index (χ4n) is 1.93. The maximum atomic E-state index is 12.1. The molecule has 2 heterocycles. The van der Waals surface area contributed by atoms with Crippen LogP contribution in [-0.2, 0) is 0 Å². The van der Waals surface area contributed by atoms with E-state index in [0.717, 1.165) is 6.42 Å². The predicted molar refractivity (Wildman–Crippen MR) is 59.7 cm³/mol. The molecule has 0 aliphatic carbocycles. The molecule has 1 saturated heterocycles. The molecule has 1 aliphatic heterocycles. The molecule has 1 aromatic heterocycles. The van der Waals surface area contributed by atoms with Gasteiger partial charge in [0.2, 0.25) is 0 Å². The number of rotatable bonds is 2. The minimum absolute atomic E-state index is 0.0958. The minimum Gasteiger partial charge on any atom is -0.396 e. The van der Waals surface area contributed by atoms with Crippen LogP contribution in [0.3, 0.4) is 0 Å². The van der Waals surface area contributed by atoms with Gasteiger partial charge in [0.1, 0.15) is 5.82 Å². The highest BCUT2D eigenvalue weighted by atomic mass is 16.3. The molecule has 1 atom stereocenters. The van der Waals surface area contributed by atoms with E-state index in [1.807, 2.05) is 0 Å². The predicted octanol–water partition coefficient (Wildman–Crippen LogP) is 0.118. The topological polar surface area (TPSA) is 79.5 Å². The van der Waals surface area contributed by atoms with E-state index < -0.39 is 0 Å². The van der Waals surface area contributed by atoms with Crippen LogP contribution in [0.5, 0.6) is 0 Å². The molecule has 1 unspecified atom stereocenters. The van der Waals surface area contributed by atoms with Crippen molar-refractivity contribution in [2.75, 3.05) is 25.4 Å². The first-order chi connectivity index (χ1) is 7.72. The number of nitrogens with zero attached hydrogens (tertiary/aromatic N) is 2. The van der Waals surface area contributed by atoms with Gasteiger partial charge in [0.25, 0.3) is 5.91 Å². The van der Waals surface area contributed by atoms with Gasteiger partial charge in [0.15, 0.2) is 0 Å². The highest BCUT2D eigenvalue weighted by Crippen LogP contribution is 2.19. The van der Waals surface area contributed by atoms with E-state index in [0.29, 0.717) is 18.7 Å². The lowest BCUT2D eigenvalue weighted by molar-refractivity contribution is 0.0782. The van der Waals surface area contributed by atoms with Gasteiger partial charge in [0.05, 0.1) is 5.56 Å². The summed E-state index contributed by atoms with van der Waals surface area (Å²) in [6.07, 6.45) is 2.41. The molecule has 86 valence electrons. The second-order valence-corrected chi connectivity index (χ2v) is 4.02. The van der Waals surface area contributed by atoms with E-state index in [2.05, 4.69) is 4.98 Å². The van der Waals surface area contributed by atoms with Crippen molar-refractivity contribution in [2.45, 2.75) is 6.42 Å². The maximum Gasteiger partial charge on any atom is 0.257 e. The second kappa shape index (κ2) is 4.49. The van der Waals surface area contributed by atoms with Crippen LogP contribution in [0.25, 0.3) is 0 Å². The SMILES string of the molecule is Nc1ncccc1C(=O)N1CCC(CO)C1. The lowest BCUT2D eigenvalue weighted by Crippen LogP contribution is -2.29. The summed E-state index contributed by atoms with van der Waals surface area (Å²) in [5, 5.41) is 9.02. The summed E-state index contributed by atoms with van der Waals surface area (Å²) < 4.78 is 0. The number of anilines is 1. The highest BCUT2D eigenvalue weighted by molar-refractivity contribution is 5.98. The number of nitrogens with two attached hydrogens (primary N) is 1. The van der Waals surface area contributed by atoms with Crippen molar-refractivity contribution in [3.8, 4) is 0 Å². The molecule has 1 aliphatic rings. The second-order valence-electron chi connectivity index (χ2n) is 4.02. The maximum absolute atomic E-state index is 12.1. The van der Waals surface area contributed by atoms with Gasteiger partial charge in [-0.25, -0.2) is 4.98 Å². The smallest absolute Gasteiger partial charge is 0.257 e. The Morgan fingerprint density at radius 3 is 3.12 bits per heavy atom. The normalized spacial score (nSPS) is 20.1. The molecule has 5 nitrogen and oxygen atoms in total. The van der Waals surface area contributed by atoms with Gasteiger partial charge < -0.3 is 15.7 Å². The number of aromatic nitrogens is 1. The Morgan fingerprint density at radius 2 is 2.50 bits per heavy atom. The number of carbonyl (C=O) groups is 1. The number of hydrogen-bond acceptors (Lipinski definition) is 4. The van der Waals surface area contributed by atoms with Gasteiger partial charge in [-0.2, -0.15) is 0 Å². The average Bonchev–Trinajstić information content (AvgIpc) is 2.77. The summed E-state index contributed by atoms with van der Waals surface area (Å²) in [5.74, 6) is 0.364. The summed E-state index contributed by atoms with van der Waals surface area (Å²) in [5.41, 5.74) is 6.09. The number of likely N-dealkylation sites (tertiary alicyclic amines) is 1. The van der Waals surface area contributed by atoms with Crippen molar-refractivity contribution in [3.63, 3.8) is 0 Å². The largest absolute Gasteiger partial charge is 0.396 e. The van der Waals surface area contributed by atoms with Crippen molar-refractivity contribution in [1.29, 1.82) is 0 Å². The zero-order chi connectivity index (χ0) is 11.5. The number of pyridine rings is 1.